The number of benzene rings is 1. The number of hydrogen-bond donors (Lipinski definition) is 0. The highest BCUT2D eigenvalue weighted by Gasteiger charge is 2.29. The lowest BCUT2D eigenvalue weighted by atomic mass is 10.1. The smallest absolute Gasteiger partial charge is 0.253 e. The fourth-order valence-electron chi connectivity index (χ4n) is 4.20. The van der Waals surface area contributed by atoms with Crippen molar-refractivity contribution in [3.63, 3.8) is 0 Å². The summed E-state index contributed by atoms with van der Waals surface area (Å²) < 4.78 is 27.3. The summed E-state index contributed by atoms with van der Waals surface area (Å²) in [6.45, 7) is 6.46. The van der Waals surface area contributed by atoms with E-state index in [1.165, 1.54) is 28.9 Å². The molecule has 0 N–H and O–H groups in total. The van der Waals surface area contributed by atoms with E-state index in [4.69, 9.17) is 0 Å². The zero-order valence-corrected chi connectivity index (χ0v) is 19.6. The molecule has 33 heavy (non-hydrogen) atoms. The van der Waals surface area contributed by atoms with Crippen LogP contribution in [-0.2, 0) is 21.4 Å². The van der Waals surface area contributed by atoms with E-state index in [-0.39, 0.29) is 29.8 Å². The van der Waals surface area contributed by atoms with Crippen LogP contribution in [0.4, 0.5) is 0 Å². The molecule has 176 valence electrons. The predicted octanol–water partition coefficient (Wildman–Crippen LogP) is 0.892. The molecule has 1 aromatic carbocycles. The van der Waals surface area contributed by atoms with Crippen LogP contribution in [0.5, 0.6) is 0 Å². The van der Waals surface area contributed by atoms with Gasteiger partial charge in [0.1, 0.15) is 0 Å². The van der Waals surface area contributed by atoms with Gasteiger partial charge in [-0.2, -0.15) is 4.31 Å². The highest BCUT2D eigenvalue weighted by molar-refractivity contribution is 7.89. The fraction of sp³-hybridized carbons (Fsp3) is 0.435. The van der Waals surface area contributed by atoms with Gasteiger partial charge in [0.25, 0.3) is 5.91 Å². The Morgan fingerprint density at radius 3 is 1.97 bits per heavy atom. The lowest BCUT2D eigenvalue weighted by molar-refractivity contribution is -0.129. The van der Waals surface area contributed by atoms with Crippen LogP contribution in [0.1, 0.15) is 22.8 Å². The normalized spacial score (nSPS) is 18.3. The molecule has 2 aromatic rings. The Hall–Kier alpha value is -2.82. The van der Waals surface area contributed by atoms with Crippen molar-refractivity contribution in [3.05, 3.63) is 59.9 Å². The first-order valence-electron chi connectivity index (χ1n) is 11.1. The Balaban J connectivity index is 1.33. The second kappa shape index (κ2) is 9.98. The van der Waals surface area contributed by atoms with Gasteiger partial charge in [0.2, 0.25) is 15.9 Å². The summed E-state index contributed by atoms with van der Waals surface area (Å²) in [5.74, 6) is -0.134. The maximum atomic E-state index is 13.0. The van der Waals surface area contributed by atoms with E-state index >= 15 is 0 Å². The maximum absolute atomic E-state index is 13.0. The third-order valence-electron chi connectivity index (χ3n) is 6.24. The number of piperazine rings is 2. The quantitative estimate of drug-likeness (QED) is 0.643. The molecule has 2 aliphatic rings. The SMILES string of the molecule is CC(=O)N1CCN(S(=O)(=O)c2ccc(C(=O)N3CCN(Cc4ccncc4)CC3)cc2)CC1. The van der Waals surface area contributed by atoms with Gasteiger partial charge in [-0.05, 0) is 42.0 Å². The standard InChI is InChI=1S/C23H29N5O4S/c1-19(29)26-14-16-28(17-15-26)33(31,32)22-4-2-21(3-5-22)23(30)27-12-10-25(11-13-27)18-20-6-8-24-9-7-20/h2-9H,10-18H2,1H3. The number of carbonyl (C=O) groups excluding carboxylic acids is 2. The number of carbonyl (C=O) groups is 2. The van der Waals surface area contributed by atoms with Crippen LogP contribution in [0, 0.1) is 0 Å². The van der Waals surface area contributed by atoms with E-state index < -0.39 is 10.0 Å². The monoisotopic (exact) mass is 471 g/mol. The first-order chi connectivity index (χ1) is 15.8. The first-order valence-corrected chi connectivity index (χ1v) is 12.5. The van der Waals surface area contributed by atoms with Gasteiger partial charge < -0.3 is 9.80 Å². The average Bonchev–Trinajstić information content (AvgIpc) is 2.85. The predicted molar refractivity (Wildman–Crippen MR) is 123 cm³/mol. The van der Waals surface area contributed by atoms with Gasteiger partial charge in [0, 0.05) is 83.8 Å². The molecule has 0 bridgehead atoms. The van der Waals surface area contributed by atoms with Crippen LogP contribution in [0.25, 0.3) is 0 Å². The minimum Gasteiger partial charge on any atom is -0.340 e. The van der Waals surface area contributed by atoms with Crippen molar-refractivity contribution in [1.82, 2.24) is 24.0 Å². The summed E-state index contributed by atoms with van der Waals surface area (Å²) >= 11 is 0. The zero-order chi connectivity index (χ0) is 23.4. The van der Waals surface area contributed by atoms with Crippen molar-refractivity contribution in [2.75, 3.05) is 52.4 Å². The van der Waals surface area contributed by atoms with Crippen molar-refractivity contribution >= 4 is 21.8 Å². The number of pyridine rings is 1. The molecule has 0 aliphatic carbocycles. The Kier molecular flexibility index (Phi) is 7.06. The molecule has 0 radical (unpaired) electrons. The Morgan fingerprint density at radius 2 is 1.39 bits per heavy atom. The van der Waals surface area contributed by atoms with Crippen LogP contribution in [-0.4, -0.2) is 96.6 Å². The highest BCUT2D eigenvalue weighted by atomic mass is 32.2. The van der Waals surface area contributed by atoms with Gasteiger partial charge in [0.05, 0.1) is 4.90 Å². The van der Waals surface area contributed by atoms with Crippen LogP contribution in [0.15, 0.2) is 53.7 Å². The molecule has 2 saturated heterocycles. The second-order valence-electron chi connectivity index (χ2n) is 8.36. The number of rotatable bonds is 5. The number of hydrogen-bond acceptors (Lipinski definition) is 6. The van der Waals surface area contributed by atoms with Gasteiger partial charge in [-0.25, -0.2) is 8.42 Å². The molecule has 3 heterocycles. The van der Waals surface area contributed by atoms with Gasteiger partial charge >= 0.3 is 0 Å². The molecular formula is C23H29N5O4S. The molecule has 2 fully saturated rings. The molecule has 0 atom stereocenters. The zero-order valence-electron chi connectivity index (χ0n) is 18.8. The average molecular weight is 472 g/mol. The lowest BCUT2D eigenvalue weighted by Crippen LogP contribution is -2.49. The Bertz CT molecular complexity index is 1080. The summed E-state index contributed by atoms with van der Waals surface area (Å²) in [4.78, 5) is 34.4. The minimum atomic E-state index is -3.66. The third-order valence-corrected chi connectivity index (χ3v) is 8.15. The van der Waals surface area contributed by atoms with E-state index in [2.05, 4.69) is 9.88 Å². The lowest BCUT2D eigenvalue weighted by Gasteiger charge is -2.35. The van der Waals surface area contributed by atoms with Gasteiger partial charge in [-0.1, -0.05) is 0 Å². The number of aromatic nitrogens is 1. The first kappa shape index (κ1) is 23.3. The van der Waals surface area contributed by atoms with Crippen LogP contribution in [0.2, 0.25) is 0 Å². The summed E-state index contributed by atoms with van der Waals surface area (Å²) in [6, 6.07) is 10.2. The minimum absolute atomic E-state index is 0.0480. The molecule has 1 aromatic heterocycles. The van der Waals surface area contributed by atoms with Gasteiger partial charge in [-0.3, -0.25) is 19.5 Å². The van der Waals surface area contributed by atoms with Crippen molar-refractivity contribution in [2.24, 2.45) is 0 Å². The van der Waals surface area contributed by atoms with E-state index in [0.717, 1.165) is 19.6 Å². The molecule has 4 rings (SSSR count). The summed E-state index contributed by atoms with van der Waals surface area (Å²) in [5.41, 5.74) is 1.68. The summed E-state index contributed by atoms with van der Waals surface area (Å²) in [5, 5.41) is 0. The summed E-state index contributed by atoms with van der Waals surface area (Å²) in [7, 11) is -3.66. The molecule has 2 aliphatic heterocycles. The Labute approximate surface area is 194 Å². The highest BCUT2D eigenvalue weighted by Crippen LogP contribution is 2.19. The van der Waals surface area contributed by atoms with Crippen LogP contribution >= 0.6 is 0 Å². The largest absolute Gasteiger partial charge is 0.340 e. The summed E-state index contributed by atoms with van der Waals surface area (Å²) in [6.07, 6.45) is 3.57. The molecule has 0 spiro atoms. The van der Waals surface area contributed by atoms with Crippen molar-refractivity contribution in [3.8, 4) is 0 Å². The van der Waals surface area contributed by atoms with Crippen LogP contribution < -0.4 is 0 Å². The van der Waals surface area contributed by atoms with Gasteiger partial charge in [0.15, 0.2) is 0 Å². The molecule has 0 saturated carbocycles. The van der Waals surface area contributed by atoms with Crippen LogP contribution in [0.3, 0.4) is 0 Å². The number of nitrogens with zero attached hydrogens (tertiary/aromatic N) is 5. The van der Waals surface area contributed by atoms with E-state index in [1.807, 2.05) is 17.0 Å². The number of sulfonamides is 1. The molecule has 2 amide bonds. The third kappa shape index (κ3) is 5.40. The van der Waals surface area contributed by atoms with E-state index in [1.54, 1.807) is 29.4 Å². The van der Waals surface area contributed by atoms with Crippen molar-refractivity contribution in [1.29, 1.82) is 0 Å². The molecule has 10 heteroatoms. The number of amides is 2. The Morgan fingerprint density at radius 1 is 0.818 bits per heavy atom. The van der Waals surface area contributed by atoms with Gasteiger partial charge in [-0.15, -0.1) is 0 Å². The molecular weight excluding hydrogens is 442 g/mol. The maximum Gasteiger partial charge on any atom is 0.253 e. The van der Waals surface area contributed by atoms with E-state index in [9.17, 15) is 18.0 Å². The van der Waals surface area contributed by atoms with Crippen molar-refractivity contribution in [2.45, 2.75) is 18.4 Å². The van der Waals surface area contributed by atoms with E-state index in [0.29, 0.717) is 31.7 Å². The second-order valence-corrected chi connectivity index (χ2v) is 10.3. The van der Waals surface area contributed by atoms with Crippen molar-refractivity contribution < 1.29 is 18.0 Å². The molecule has 0 unspecified atom stereocenters. The molecule has 9 nitrogen and oxygen atoms in total. The topological polar surface area (TPSA) is 94.1 Å². The fourth-order valence-corrected chi connectivity index (χ4v) is 5.62.